The minimum Gasteiger partial charge on any atom is -0.355 e. The summed E-state index contributed by atoms with van der Waals surface area (Å²) in [6.45, 7) is 9.42. The van der Waals surface area contributed by atoms with E-state index in [-0.39, 0.29) is 5.54 Å². The smallest absolute Gasteiger partial charge is 0.191 e. The van der Waals surface area contributed by atoms with Gasteiger partial charge in [-0.15, -0.1) is 0 Å². The summed E-state index contributed by atoms with van der Waals surface area (Å²) in [4.78, 5) is 7.01. The third-order valence-corrected chi connectivity index (χ3v) is 5.58. The number of benzene rings is 1. The SMILES string of the molecule is CN=C(NCc1ccccc1Cn1cccn1)NCC(C)(C)N1CCCCC1. The van der Waals surface area contributed by atoms with Crippen molar-refractivity contribution >= 4 is 5.96 Å². The van der Waals surface area contributed by atoms with Crippen LogP contribution in [0.1, 0.15) is 44.2 Å². The van der Waals surface area contributed by atoms with Crippen LogP contribution in [0.4, 0.5) is 0 Å². The zero-order valence-corrected chi connectivity index (χ0v) is 17.5. The Labute approximate surface area is 169 Å². The quantitative estimate of drug-likeness (QED) is 0.571. The zero-order chi connectivity index (χ0) is 19.8. The van der Waals surface area contributed by atoms with Gasteiger partial charge in [-0.25, -0.2) is 0 Å². The highest BCUT2D eigenvalue weighted by atomic mass is 15.3. The molecule has 152 valence electrons. The summed E-state index contributed by atoms with van der Waals surface area (Å²) in [5.74, 6) is 0.846. The average Bonchev–Trinajstić information content (AvgIpc) is 3.23. The summed E-state index contributed by atoms with van der Waals surface area (Å²) in [6, 6.07) is 10.4. The number of likely N-dealkylation sites (tertiary alicyclic amines) is 1. The highest BCUT2D eigenvalue weighted by Crippen LogP contribution is 2.19. The second-order valence-corrected chi connectivity index (χ2v) is 8.11. The fraction of sp³-hybridized carbons (Fsp3) is 0.545. The molecule has 0 aliphatic carbocycles. The monoisotopic (exact) mass is 382 g/mol. The van der Waals surface area contributed by atoms with Gasteiger partial charge in [-0.3, -0.25) is 14.6 Å². The van der Waals surface area contributed by atoms with Gasteiger partial charge in [0.1, 0.15) is 0 Å². The van der Waals surface area contributed by atoms with E-state index in [2.05, 4.69) is 63.7 Å². The van der Waals surface area contributed by atoms with Crippen molar-refractivity contribution in [3.63, 3.8) is 0 Å². The summed E-state index contributed by atoms with van der Waals surface area (Å²) in [6.07, 6.45) is 7.79. The van der Waals surface area contributed by atoms with Crippen molar-refractivity contribution in [2.45, 2.75) is 51.7 Å². The maximum atomic E-state index is 4.42. The molecule has 0 radical (unpaired) electrons. The number of aliphatic imine (C=N–C) groups is 1. The molecular weight excluding hydrogens is 348 g/mol. The van der Waals surface area contributed by atoms with Gasteiger partial charge in [0.15, 0.2) is 5.96 Å². The topological polar surface area (TPSA) is 57.5 Å². The van der Waals surface area contributed by atoms with Gasteiger partial charge >= 0.3 is 0 Å². The van der Waals surface area contributed by atoms with Gasteiger partial charge in [0.25, 0.3) is 0 Å². The number of nitrogens with one attached hydrogen (secondary N) is 2. The summed E-state index contributed by atoms with van der Waals surface area (Å²) < 4.78 is 1.95. The maximum absolute atomic E-state index is 4.42. The van der Waals surface area contributed by atoms with Gasteiger partial charge in [-0.2, -0.15) is 5.10 Å². The highest BCUT2D eigenvalue weighted by molar-refractivity contribution is 5.79. The van der Waals surface area contributed by atoms with Crippen LogP contribution in [0.15, 0.2) is 47.7 Å². The van der Waals surface area contributed by atoms with Crippen LogP contribution in [0.5, 0.6) is 0 Å². The average molecular weight is 383 g/mol. The van der Waals surface area contributed by atoms with E-state index in [1.807, 2.05) is 30.2 Å². The summed E-state index contributed by atoms with van der Waals surface area (Å²) in [5, 5.41) is 11.3. The van der Waals surface area contributed by atoms with Crippen molar-refractivity contribution < 1.29 is 0 Å². The van der Waals surface area contributed by atoms with Gasteiger partial charge in [0.2, 0.25) is 0 Å². The van der Waals surface area contributed by atoms with Gasteiger partial charge in [-0.1, -0.05) is 30.7 Å². The van der Waals surface area contributed by atoms with Crippen LogP contribution in [-0.4, -0.2) is 52.9 Å². The van der Waals surface area contributed by atoms with E-state index in [1.54, 1.807) is 0 Å². The van der Waals surface area contributed by atoms with Crippen molar-refractivity contribution in [3.8, 4) is 0 Å². The number of rotatable bonds is 7. The van der Waals surface area contributed by atoms with Crippen LogP contribution >= 0.6 is 0 Å². The van der Waals surface area contributed by atoms with E-state index in [0.29, 0.717) is 0 Å². The Bertz CT molecular complexity index is 744. The Kier molecular flexibility index (Phi) is 7.09. The minimum absolute atomic E-state index is 0.121. The second kappa shape index (κ2) is 9.73. The largest absolute Gasteiger partial charge is 0.355 e. The molecule has 0 unspecified atom stereocenters. The molecule has 1 aliphatic heterocycles. The van der Waals surface area contributed by atoms with Gasteiger partial charge in [0.05, 0.1) is 6.54 Å². The Hall–Kier alpha value is -2.34. The molecule has 0 spiro atoms. The predicted octanol–water partition coefficient (Wildman–Crippen LogP) is 2.86. The van der Waals surface area contributed by atoms with Crippen molar-refractivity contribution in [1.82, 2.24) is 25.3 Å². The highest BCUT2D eigenvalue weighted by Gasteiger charge is 2.27. The number of nitrogens with zero attached hydrogens (tertiary/aromatic N) is 4. The molecule has 2 heterocycles. The molecule has 0 amide bonds. The first-order valence-electron chi connectivity index (χ1n) is 10.3. The third-order valence-electron chi connectivity index (χ3n) is 5.58. The second-order valence-electron chi connectivity index (χ2n) is 8.11. The molecule has 28 heavy (non-hydrogen) atoms. The maximum Gasteiger partial charge on any atom is 0.191 e. The van der Waals surface area contributed by atoms with Crippen LogP contribution in [0.25, 0.3) is 0 Å². The number of aromatic nitrogens is 2. The van der Waals surface area contributed by atoms with E-state index in [9.17, 15) is 0 Å². The molecule has 0 saturated carbocycles. The molecule has 2 aromatic rings. The number of guanidine groups is 1. The third kappa shape index (κ3) is 5.58. The molecule has 2 N–H and O–H groups in total. The minimum atomic E-state index is 0.121. The Morgan fingerprint density at radius 3 is 2.50 bits per heavy atom. The molecule has 1 aromatic heterocycles. The van der Waals surface area contributed by atoms with Crippen LogP contribution in [0.3, 0.4) is 0 Å². The van der Waals surface area contributed by atoms with Crippen molar-refractivity contribution in [3.05, 3.63) is 53.9 Å². The molecule has 6 heteroatoms. The molecule has 0 bridgehead atoms. The lowest BCUT2D eigenvalue weighted by Crippen LogP contribution is -2.54. The summed E-state index contributed by atoms with van der Waals surface area (Å²) in [7, 11) is 1.83. The first kappa shape index (κ1) is 20.4. The molecule has 1 aromatic carbocycles. The first-order valence-corrected chi connectivity index (χ1v) is 10.3. The molecule has 0 atom stereocenters. The first-order chi connectivity index (χ1) is 13.6. The molecule has 6 nitrogen and oxygen atoms in total. The van der Waals surface area contributed by atoms with E-state index in [1.165, 1.54) is 43.5 Å². The molecule has 3 rings (SSSR count). The van der Waals surface area contributed by atoms with Crippen LogP contribution in [-0.2, 0) is 13.1 Å². The molecule has 1 fully saturated rings. The lowest BCUT2D eigenvalue weighted by atomic mass is 9.98. The van der Waals surface area contributed by atoms with Crippen LogP contribution in [0, 0.1) is 0 Å². The summed E-state index contributed by atoms with van der Waals surface area (Å²) in [5.41, 5.74) is 2.65. The van der Waals surface area contributed by atoms with Crippen molar-refractivity contribution in [2.75, 3.05) is 26.7 Å². The van der Waals surface area contributed by atoms with Gasteiger partial charge in [-0.05, 0) is 57.0 Å². The number of hydrogen-bond donors (Lipinski definition) is 2. The Morgan fingerprint density at radius 2 is 1.82 bits per heavy atom. The van der Waals surface area contributed by atoms with E-state index < -0.39 is 0 Å². The molecule has 1 saturated heterocycles. The number of piperidine rings is 1. The van der Waals surface area contributed by atoms with E-state index >= 15 is 0 Å². The standard InChI is InChI=1S/C22H34N6/c1-22(2,27-13-7-4-8-14-27)18-25-21(23-3)24-16-19-10-5-6-11-20(19)17-28-15-9-12-26-28/h5-6,9-12,15H,4,7-8,13-14,16-18H2,1-3H3,(H2,23,24,25). The predicted molar refractivity (Wildman–Crippen MR) is 115 cm³/mol. The van der Waals surface area contributed by atoms with Crippen molar-refractivity contribution in [2.24, 2.45) is 4.99 Å². The molecular formula is C22H34N6. The van der Waals surface area contributed by atoms with Gasteiger partial charge in [0, 0.05) is 38.1 Å². The normalized spacial score (nSPS) is 16.2. The summed E-state index contributed by atoms with van der Waals surface area (Å²) >= 11 is 0. The zero-order valence-electron chi connectivity index (χ0n) is 17.5. The number of hydrogen-bond acceptors (Lipinski definition) is 3. The fourth-order valence-electron chi connectivity index (χ4n) is 3.76. The van der Waals surface area contributed by atoms with E-state index in [4.69, 9.17) is 0 Å². The van der Waals surface area contributed by atoms with Crippen molar-refractivity contribution in [1.29, 1.82) is 0 Å². The van der Waals surface area contributed by atoms with Gasteiger partial charge < -0.3 is 10.6 Å². The Balaban J connectivity index is 1.54. The fourth-order valence-corrected chi connectivity index (χ4v) is 3.76. The van der Waals surface area contributed by atoms with Crippen LogP contribution < -0.4 is 10.6 Å². The lowest BCUT2D eigenvalue weighted by Gasteiger charge is -2.41. The van der Waals surface area contributed by atoms with E-state index in [0.717, 1.165) is 25.6 Å². The lowest BCUT2D eigenvalue weighted by molar-refractivity contribution is 0.0982. The molecule has 1 aliphatic rings. The Morgan fingerprint density at radius 1 is 1.07 bits per heavy atom. The van der Waals surface area contributed by atoms with Crippen LogP contribution in [0.2, 0.25) is 0 Å².